The molecule has 1 aromatic rings. The van der Waals surface area contributed by atoms with Gasteiger partial charge in [-0.15, -0.1) is 0 Å². The highest BCUT2D eigenvalue weighted by Gasteiger charge is 2.20. The first-order valence-electron chi connectivity index (χ1n) is 6.59. The smallest absolute Gasteiger partial charge is 0.119 e. The van der Waals surface area contributed by atoms with Crippen LogP contribution in [0.4, 0.5) is 0 Å². The van der Waals surface area contributed by atoms with Gasteiger partial charge in [0.05, 0.1) is 12.5 Å². The number of hydrogen-bond donors (Lipinski definition) is 2. The predicted molar refractivity (Wildman–Crippen MR) is 75.0 cm³/mol. The largest absolute Gasteiger partial charge is 0.491 e. The average Bonchev–Trinajstić information content (AvgIpc) is 2.39. The molecule has 104 valence electrons. The van der Waals surface area contributed by atoms with Crippen molar-refractivity contribution in [2.24, 2.45) is 0 Å². The van der Waals surface area contributed by atoms with Crippen LogP contribution in [-0.2, 0) is 6.42 Å². The predicted octanol–water partition coefficient (Wildman–Crippen LogP) is 1.88. The SMILES string of the molecule is CCCNCC(C)(O)COc1ccc(CC#N)cc1. The molecule has 0 saturated heterocycles. The van der Waals surface area contributed by atoms with Crippen molar-refractivity contribution in [3.63, 3.8) is 0 Å². The van der Waals surface area contributed by atoms with Gasteiger partial charge in [0, 0.05) is 6.54 Å². The molecule has 1 unspecified atom stereocenters. The zero-order valence-electron chi connectivity index (χ0n) is 11.6. The van der Waals surface area contributed by atoms with Crippen molar-refractivity contribution in [1.29, 1.82) is 5.26 Å². The first kappa shape index (κ1) is 15.5. The van der Waals surface area contributed by atoms with E-state index in [2.05, 4.69) is 18.3 Å². The van der Waals surface area contributed by atoms with Crippen LogP contribution in [0, 0.1) is 11.3 Å². The van der Waals surface area contributed by atoms with Gasteiger partial charge in [0.15, 0.2) is 0 Å². The molecule has 1 atom stereocenters. The van der Waals surface area contributed by atoms with Gasteiger partial charge in [-0.3, -0.25) is 0 Å². The van der Waals surface area contributed by atoms with Crippen LogP contribution in [0.5, 0.6) is 5.75 Å². The van der Waals surface area contributed by atoms with Crippen molar-refractivity contribution in [2.75, 3.05) is 19.7 Å². The Bertz CT molecular complexity index is 407. The van der Waals surface area contributed by atoms with E-state index in [0.29, 0.717) is 18.7 Å². The van der Waals surface area contributed by atoms with Gasteiger partial charge >= 0.3 is 0 Å². The third-order valence-electron chi connectivity index (χ3n) is 2.69. The third-order valence-corrected chi connectivity index (χ3v) is 2.69. The van der Waals surface area contributed by atoms with E-state index in [1.54, 1.807) is 6.92 Å². The summed E-state index contributed by atoms with van der Waals surface area (Å²) in [6.45, 7) is 5.47. The summed E-state index contributed by atoms with van der Waals surface area (Å²) in [6, 6.07) is 9.47. The summed E-state index contributed by atoms with van der Waals surface area (Å²) >= 11 is 0. The molecule has 0 saturated carbocycles. The molecule has 2 N–H and O–H groups in total. The van der Waals surface area contributed by atoms with Crippen LogP contribution in [0.3, 0.4) is 0 Å². The van der Waals surface area contributed by atoms with Gasteiger partial charge in [-0.1, -0.05) is 19.1 Å². The summed E-state index contributed by atoms with van der Waals surface area (Å²) in [5.74, 6) is 0.706. The van der Waals surface area contributed by atoms with E-state index < -0.39 is 5.60 Å². The second-order valence-electron chi connectivity index (χ2n) is 4.94. The van der Waals surface area contributed by atoms with E-state index in [4.69, 9.17) is 10.00 Å². The van der Waals surface area contributed by atoms with Crippen LogP contribution in [0.1, 0.15) is 25.8 Å². The molecular formula is C15H22N2O2. The maximum Gasteiger partial charge on any atom is 0.119 e. The summed E-state index contributed by atoms with van der Waals surface area (Å²) in [4.78, 5) is 0. The minimum Gasteiger partial charge on any atom is -0.491 e. The highest BCUT2D eigenvalue weighted by atomic mass is 16.5. The van der Waals surface area contributed by atoms with Gasteiger partial charge in [-0.05, 0) is 37.6 Å². The van der Waals surface area contributed by atoms with Crippen LogP contribution in [-0.4, -0.2) is 30.4 Å². The minimum atomic E-state index is -0.888. The number of aliphatic hydroxyl groups is 1. The van der Waals surface area contributed by atoms with Crippen molar-refractivity contribution in [2.45, 2.75) is 32.3 Å². The number of hydrogen-bond acceptors (Lipinski definition) is 4. The molecule has 0 aliphatic heterocycles. The average molecular weight is 262 g/mol. The molecule has 0 spiro atoms. The standard InChI is InChI=1S/C15H22N2O2/c1-3-10-17-11-15(2,18)12-19-14-6-4-13(5-7-14)8-9-16/h4-7,17-18H,3,8,10-12H2,1-2H3. The molecule has 0 aliphatic rings. The van der Waals surface area contributed by atoms with Crippen molar-refractivity contribution >= 4 is 0 Å². The number of rotatable bonds is 8. The number of nitrogens with one attached hydrogen (secondary N) is 1. The lowest BCUT2D eigenvalue weighted by atomic mass is 10.1. The number of benzene rings is 1. The Morgan fingerprint density at radius 3 is 2.63 bits per heavy atom. The third kappa shape index (κ3) is 6.23. The zero-order chi connectivity index (χ0) is 14.1. The first-order valence-corrected chi connectivity index (χ1v) is 6.59. The minimum absolute atomic E-state index is 0.237. The fraction of sp³-hybridized carbons (Fsp3) is 0.533. The Balaban J connectivity index is 2.40. The highest BCUT2D eigenvalue weighted by molar-refractivity contribution is 5.28. The van der Waals surface area contributed by atoms with Gasteiger partial charge in [-0.25, -0.2) is 0 Å². The van der Waals surface area contributed by atoms with E-state index in [0.717, 1.165) is 18.5 Å². The van der Waals surface area contributed by atoms with E-state index in [-0.39, 0.29) is 6.61 Å². The summed E-state index contributed by atoms with van der Waals surface area (Å²) in [6.07, 6.45) is 1.44. The van der Waals surface area contributed by atoms with Crippen LogP contribution < -0.4 is 10.1 Å². The van der Waals surface area contributed by atoms with E-state index in [9.17, 15) is 5.11 Å². The van der Waals surface area contributed by atoms with Gasteiger partial charge in [0.25, 0.3) is 0 Å². The molecule has 0 aliphatic carbocycles. The summed E-state index contributed by atoms with van der Waals surface area (Å²) in [5, 5.41) is 21.9. The zero-order valence-corrected chi connectivity index (χ0v) is 11.6. The molecule has 0 bridgehead atoms. The maximum absolute atomic E-state index is 10.1. The van der Waals surface area contributed by atoms with E-state index in [1.165, 1.54) is 0 Å². The lowest BCUT2D eigenvalue weighted by Gasteiger charge is -2.24. The summed E-state index contributed by atoms with van der Waals surface area (Å²) in [7, 11) is 0. The Labute approximate surface area is 115 Å². The fourth-order valence-corrected chi connectivity index (χ4v) is 1.62. The van der Waals surface area contributed by atoms with Crippen molar-refractivity contribution in [3.8, 4) is 11.8 Å². The summed E-state index contributed by atoms with van der Waals surface area (Å²) < 4.78 is 5.56. The Morgan fingerprint density at radius 2 is 2.05 bits per heavy atom. The van der Waals surface area contributed by atoms with Crippen molar-refractivity contribution < 1.29 is 9.84 Å². The summed E-state index contributed by atoms with van der Waals surface area (Å²) in [5.41, 5.74) is 0.0757. The van der Waals surface area contributed by atoms with Crippen LogP contribution in [0.25, 0.3) is 0 Å². The molecule has 1 aromatic carbocycles. The molecule has 1 rings (SSSR count). The highest BCUT2D eigenvalue weighted by Crippen LogP contribution is 2.14. The fourth-order valence-electron chi connectivity index (χ4n) is 1.62. The molecule has 19 heavy (non-hydrogen) atoms. The molecule has 0 aromatic heterocycles. The molecule has 0 radical (unpaired) electrons. The lowest BCUT2D eigenvalue weighted by molar-refractivity contribution is 0.0125. The second kappa shape index (κ2) is 7.78. The molecular weight excluding hydrogens is 240 g/mol. The number of nitriles is 1. The van der Waals surface area contributed by atoms with Crippen LogP contribution in [0.2, 0.25) is 0 Å². The number of ether oxygens (including phenoxy) is 1. The lowest BCUT2D eigenvalue weighted by Crippen LogP contribution is -2.43. The molecule has 0 fully saturated rings. The van der Waals surface area contributed by atoms with Crippen molar-refractivity contribution in [3.05, 3.63) is 29.8 Å². The van der Waals surface area contributed by atoms with Crippen LogP contribution >= 0.6 is 0 Å². The van der Waals surface area contributed by atoms with Gasteiger partial charge in [0.2, 0.25) is 0 Å². The molecule has 4 heteroatoms. The van der Waals surface area contributed by atoms with Gasteiger partial charge < -0.3 is 15.2 Å². The quantitative estimate of drug-likeness (QED) is 0.702. The Morgan fingerprint density at radius 1 is 1.37 bits per heavy atom. The van der Waals surface area contributed by atoms with E-state index >= 15 is 0 Å². The first-order chi connectivity index (χ1) is 9.07. The monoisotopic (exact) mass is 262 g/mol. The van der Waals surface area contributed by atoms with E-state index in [1.807, 2.05) is 24.3 Å². The Hall–Kier alpha value is -1.57. The second-order valence-corrected chi connectivity index (χ2v) is 4.94. The normalized spacial score (nSPS) is 13.6. The molecule has 0 heterocycles. The van der Waals surface area contributed by atoms with Gasteiger partial charge in [-0.2, -0.15) is 5.26 Å². The maximum atomic E-state index is 10.1. The topological polar surface area (TPSA) is 65.3 Å². The Kier molecular flexibility index (Phi) is 6.34. The molecule has 0 amide bonds. The van der Waals surface area contributed by atoms with Crippen LogP contribution in [0.15, 0.2) is 24.3 Å². The number of nitrogens with zero attached hydrogens (tertiary/aromatic N) is 1. The molecule has 4 nitrogen and oxygen atoms in total. The van der Waals surface area contributed by atoms with Crippen molar-refractivity contribution in [1.82, 2.24) is 5.32 Å². The van der Waals surface area contributed by atoms with Gasteiger partial charge in [0.1, 0.15) is 18.0 Å².